The van der Waals surface area contributed by atoms with Gasteiger partial charge in [-0.1, -0.05) is 12.1 Å². The molecule has 0 amide bonds. The molecule has 0 bridgehead atoms. The molecule has 1 aromatic rings. The standard InChI is InChI=1S/C14H16O4/c1-14(2,13(16)17)6-12(15)9-3-4-10-7-18-8-11(10)5-9/h3-5H,6-8H2,1-2H3,(H,16,17). The van der Waals surface area contributed by atoms with Crippen molar-refractivity contribution in [3.8, 4) is 0 Å². The van der Waals surface area contributed by atoms with Crippen molar-refractivity contribution >= 4 is 11.8 Å². The molecule has 2 rings (SSSR count). The quantitative estimate of drug-likeness (QED) is 0.831. The zero-order valence-corrected chi connectivity index (χ0v) is 10.5. The lowest BCUT2D eigenvalue weighted by molar-refractivity contribution is -0.146. The lowest BCUT2D eigenvalue weighted by Crippen LogP contribution is -2.27. The van der Waals surface area contributed by atoms with Crippen LogP contribution in [0.4, 0.5) is 0 Å². The van der Waals surface area contributed by atoms with Gasteiger partial charge in [0.05, 0.1) is 18.6 Å². The van der Waals surface area contributed by atoms with Crippen molar-refractivity contribution in [2.24, 2.45) is 5.41 Å². The summed E-state index contributed by atoms with van der Waals surface area (Å²) in [7, 11) is 0. The maximum absolute atomic E-state index is 12.1. The highest BCUT2D eigenvalue weighted by atomic mass is 16.5. The number of carbonyl (C=O) groups is 2. The van der Waals surface area contributed by atoms with Crippen molar-refractivity contribution in [1.29, 1.82) is 0 Å². The average Bonchev–Trinajstić information content (AvgIpc) is 2.74. The van der Waals surface area contributed by atoms with Crippen molar-refractivity contribution < 1.29 is 19.4 Å². The topological polar surface area (TPSA) is 63.6 Å². The number of rotatable bonds is 4. The minimum absolute atomic E-state index is 0.00196. The predicted octanol–water partition coefficient (Wildman–Crippen LogP) is 2.40. The van der Waals surface area contributed by atoms with E-state index in [1.807, 2.05) is 12.1 Å². The molecular weight excluding hydrogens is 232 g/mol. The normalized spacial score (nSPS) is 14.3. The van der Waals surface area contributed by atoms with E-state index < -0.39 is 11.4 Å². The summed E-state index contributed by atoms with van der Waals surface area (Å²) in [5.41, 5.74) is 1.65. The first-order chi connectivity index (χ1) is 8.40. The highest BCUT2D eigenvalue weighted by Crippen LogP contribution is 2.26. The molecule has 0 atom stereocenters. The second kappa shape index (κ2) is 4.53. The van der Waals surface area contributed by atoms with E-state index in [9.17, 15) is 9.59 Å². The molecule has 0 unspecified atom stereocenters. The van der Waals surface area contributed by atoms with E-state index in [4.69, 9.17) is 9.84 Å². The fourth-order valence-corrected chi connectivity index (χ4v) is 1.92. The van der Waals surface area contributed by atoms with E-state index in [0.717, 1.165) is 11.1 Å². The summed E-state index contributed by atoms with van der Waals surface area (Å²) in [5, 5.41) is 9.02. The predicted molar refractivity (Wildman–Crippen MR) is 65.3 cm³/mol. The molecule has 4 nitrogen and oxygen atoms in total. The van der Waals surface area contributed by atoms with Gasteiger partial charge in [-0.05, 0) is 31.0 Å². The highest BCUT2D eigenvalue weighted by molar-refractivity contribution is 5.98. The molecule has 0 fully saturated rings. The van der Waals surface area contributed by atoms with Crippen LogP contribution < -0.4 is 0 Å². The van der Waals surface area contributed by atoms with Crippen molar-refractivity contribution in [1.82, 2.24) is 0 Å². The Balaban J connectivity index is 2.17. The fourth-order valence-electron chi connectivity index (χ4n) is 1.92. The van der Waals surface area contributed by atoms with Crippen molar-refractivity contribution in [2.45, 2.75) is 33.5 Å². The number of carboxylic acids is 1. The number of ether oxygens (including phenoxy) is 1. The molecule has 1 heterocycles. The van der Waals surface area contributed by atoms with Crippen molar-refractivity contribution in [3.05, 3.63) is 34.9 Å². The van der Waals surface area contributed by atoms with Crippen LogP contribution in [-0.2, 0) is 22.7 Å². The van der Waals surface area contributed by atoms with E-state index in [1.54, 1.807) is 19.9 Å². The third-order valence-corrected chi connectivity index (χ3v) is 3.22. The summed E-state index contributed by atoms with van der Waals surface area (Å²) in [4.78, 5) is 23.1. The van der Waals surface area contributed by atoms with Crippen LogP contribution >= 0.6 is 0 Å². The van der Waals surface area contributed by atoms with Crippen LogP contribution in [0.25, 0.3) is 0 Å². The number of Topliss-reactive ketones (excluding diaryl/α,β-unsaturated/α-hetero) is 1. The van der Waals surface area contributed by atoms with Crippen LogP contribution in [0.2, 0.25) is 0 Å². The van der Waals surface area contributed by atoms with Crippen LogP contribution in [0, 0.1) is 5.41 Å². The first-order valence-electron chi connectivity index (χ1n) is 5.86. The van der Waals surface area contributed by atoms with Gasteiger partial charge in [0.1, 0.15) is 0 Å². The fraction of sp³-hybridized carbons (Fsp3) is 0.429. The van der Waals surface area contributed by atoms with E-state index in [-0.39, 0.29) is 12.2 Å². The Morgan fingerprint density at radius 2 is 1.94 bits per heavy atom. The Labute approximate surface area is 106 Å². The molecule has 0 aliphatic carbocycles. The summed E-state index contributed by atoms with van der Waals surface area (Å²) in [5.74, 6) is -1.10. The third kappa shape index (κ3) is 2.43. The smallest absolute Gasteiger partial charge is 0.309 e. The van der Waals surface area contributed by atoms with Crippen LogP contribution in [0.3, 0.4) is 0 Å². The van der Waals surface area contributed by atoms with Crippen LogP contribution in [0.5, 0.6) is 0 Å². The monoisotopic (exact) mass is 248 g/mol. The van der Waals surface area contributed by atoms with Gasteiger partial charge in [-0.2, -0.15) is 0 Å². The summed E-state index contributed by atoms with van der Waals surface area (Å²) >= 11 is 0. The number of hydrogen-bond acceptors (Lipinski definition) is 3. The molecule has 0 aromatic heterocycles. The van der Waals surface area contributed by atoms with Crippen molar-refractivity contribution in [2.75, 3.05) is 0 Å². The number of carboxylic acid groups (broad SMARTS) is 1. The number of ketones is 1. The number of benzene rings is 1. The second-order valence-corrected chi connectivity index (χ2v) is 5.27. The van der Waals surface area contributed by atoms with Gasteiger partial charge in [-0.25, -0.2) is 0 Å². The lowest BCUT2D eigenvalue weighted by atomic mass is 9.85. The van der Waals surface area contributed by atoms with Crippen LogP contribution in [0.1, 0.15) is 41.8 Å². The first kappa shape index (κ1) is 12.8. The zero-order valence-electron chi connectivity index (χ0n) is 10.5. The number of aliphatic carboxylic acids is 1. The molecule has 18 heavy (non-hydrogen) atoms. The van der Waals surface area contributed by atoms with Gasteiger partial charge in [0.25, 0.3) is 0 Å². The third-order valence-electron chi connectivity index (χ3n) is 3.22. The molecule has 4 heteroatoms. The first-order valence-corrected chi connectivity index (χ1v) is 5.86. The molecule has 0 saturated heterocycles. The van der Waals surface area contributed by atoms with Gasteiger partial charge in [0.2, 0.25) is 0 Å². The van der Waals surface area contributed by atoms with Gasteiger partial charge < -0.3 is 9.84 Å². The second-order valence-electron chi connectivity index (χ2n) is 5.27. The Hall–Kier alpha value is -1.68. The molecule has 0 radical (unpaired) electrons. The molecule has 0 saturated carbocycles. The number of hydrogen-bond donors (Lipinski definition) is 1. The van der Waals surface area contributed by atoms with E-state index >= 15 is 0 Å². The summed E-state index contributed by atoms with van der Waals surface area (Å²) < 4.78 is 5.28. The summed E-state index contributed by atoms with van der Waals surface area (Å²) in [6.07, 6.45) is 0.00196. The maximum atomic E-state index is 12.1. The summed E-state index contributed by atoms with van der Waals surface area (Å²) in [6, 6.07) is 5.43. The molecule has 1 N–H and O–H groups in total. The molecule has 1 aliphatic rings. The number of carbonyl (C=O) groups excluding carboxylic acids is 1. The molecule has 1 aromatic carbocycles. The average molecular weight is 248 g/mol. The maximum Gasteiger partial charge on any atom is 0.309 e. The number of fused-ring (bicyclic) bond motifs is 1. The largest absolute Gasteiger partial charge is 0.481 e. The Morgan fingerprint density at radius 3 is 2.61 bits per heavy atom. The molecule has 1 aliphatic heterocycles. The van der Waals surface area contributed by atoms with Crippen LogP contribution in [-0.4, -0.2) is 16.9 Å². The Bertz CT molecular complexity index is 503. The lowest BCUT2D eigenvalue weighted by Gasteiger charge is -2.17. The van der Waals surface area contributed by atoms with E-state index in [1.165, 1.54) is 0 Å². The van der Waals surface area contributed by atoms with Crippen molar-refractivity contribution in [3.63, 3.8) is 0 Å². The van der Waals surface area contributed by atoms with Gasteiger partial charge in [-0.15, -0.1) is 0 Å². The Kier molecular flexibility index (Phi) is 3.22. The minimum Gasteiger partial charge on any atom is -0.481 e. The van der Waals surface area contributed by atoms with Crippen LogP contribution in [0.15, 0.2) is 18.2 Å². The molecule has 96 valence electrons. The van der Waals surface area contributed by atoms with Gasteiger partial charge in [-0.3, -0.25) is 9.59 Å². The van der Waals surface area contributed by atoms with Gasteiger partial charge in [0, 0.05) is 12.0 Å². The van der Waals surface area contributed by atoms with Gasteiger partial charge in [0.15, 0.2) is 5.78 Å². The van der Waals surface area contributed by atoms with E-state index in [2.05, 4.69) is 0 Å². The Morgan fingerprint density at radius 1 is 1.28 bits per heavy atom. The SMILES string of the molecule is CC(C)(CC(=O)c1ccc2c(c1)COC2)C(=O)O. The van der Waals surface area contributed by atoms with Gasteiger partial charge >= 0.3 is 5.97 Å². The highest BCUT2D eigenvalue weighted by Gasteiger charge is 2.30. The van der Waals surface area contributed by atoms with E-state index in [0.29, 0.717) is 18.8 Å². The minimum atomic E-state index is -1.04. The zero-order chi connectivity index (χ0) is 13.3. The summed E-state index contributed by atoms with van der Waals surface area (Å²) in [6.45, 7) is 4.23. The molecule has 0 spiro atoms. The molecular formula is C14H16O4.